The van der Waals surface area contributed by atoms with Crippen LogP contribution in [0.3, 0.4) is 0 Å². The molecule has 0 aliphatic carbocycles. The minimum absolute atomic E-state index is 0.00111. The highest BCUT2D eigenvalue weighted by Crippen LogP contribution is 2.39. The Hall–Kier alpha value is -1.72. The molecule has 2 aromatic rings. The van der Waals surface area contributed by atoms with Gasteiger partial charge in [-0.05, 0) is 17.7 Å². The number of benzene rings is 1. The van der Waals surface area contributed by atoms with Crippen molar-refractivity contribution >= 4 is 17.4 Å². The van der Waals surface area contributed by atoms with Gasteiger partial charge in [-0.1, -0.05) is 18.2 Å². The molecule has 110 valence electrons. The highest BCUT2D eigenvalue weighted by molar-refractivity contribution is 7.99. The monoisotopic (exact) mass is 302 g/mol. The molecule has 2 heterocycles. The number of nitrogens with zero attached hydrogens (tertiary/aromatic N) is 1. The summed E-state index contributed by atoms with van der Waals surface area (Å²) in [7, 11) is 1.64. The molecule has 1 aromatic heterocycles. The fourth-order valence-electron chi connectivity index (χ4n) is 2.46. The van der Waals surface area contributed by atoms with Crippen molar-refractivity contribution in [3.05, 3.63) is 58.5 Å². The Labute approximate surface area is 128 Å². The topological polar surface area (TPSA) is 43.3 Å². The molecule has 1 N–H and O–H groups in total. The first-order valence-corrected chi connectivity index (χ1v) is 7.94. The normalized spacial score (nSPS) is 16.7. The predicted molar refractivity (Wildman–Crippen MR) is 86.1 cm³/mol. The maximum absolute atomic E-state index is 11.8. The standard InChI is InChI=1S/C16H18N2O2S/c1-20-9-8-18-10-12(6-7-16(18)19)17-14-11-21-15-5-3-2-4-13(14)15/h2-7,10,14,17H,8-9,11H2,1H3. The van der Waals surface area contributed by atoms with E-state index in [4.69, 9.17) is 4.74 Å². The number of fused-ring (bicyclic) bond motifs is 1. The number of rotatable bonds is 5. The lowest BCUT2D eigenvalue weighted by atomic mass is 10.1. The SMILES string of the molecule is COCCn1cc(NC2CSc3ccccc32)ccc1=O. The van der Waals surface area contributed by atoms with Crippen molar-refractivity contribution in [1.29, 1.82) is 0 Å². The van der Waals surface area contributed by atoms with Gasteiger partial charge in [0.15, 0.2) is 0 Å². The first-order chi connectivity index (χ1) is 10.3. The predicted octanol–water partition coefficient (Wildman–Crippen LogP) is 2.75. The summed E-state index contributed by atoms with van der Waals surface area (Å²) in [6, 6.07) is 12.2. The number of pyridine rings is 1. The molecule has 5 heteroatoms. The van der Waals surface area contributed by atoms with E-state index < -0.39 is 0 Å². The average Bonchev–Trinajstić information content (AvgIpc) is 2.91. The van der Waals surface area contributed by atoms with E-state index >= 15 is 0 Å². The summed E-state index contributed by atoms with van der Waals surface area (Å²) in [6.45, 7) is 1.10. The van der Waals surface area contributed by atoms with Gasteiger partial charge < -0.3 is 14.6 Å². The number of thioether (sulfide) groups is 1. The largest absolute Gasteiger partial charge is 0.383 e. The summed E-state index contributed by atoms with van der Waals surface area (Å²) in [5.41, 5.74) is 2.30. The summed E-state index contributed by atoms with van der Waals surface area (Å²) in [5, 5.41) is 3.52. The molecule has 0 fully saturated rings. The molecule has 0 bridgehead atoms. The molecule has 1 atom stereocenters. The van der Waals surface area contributed by atoms with Gasteiger partial charge in [0.2, 0.25) is 0 Å². The van der Waals surface area contributed by atoms with Crippen LogP contribution in [-0.4, -0.2) is 24.0 Å². The van der Waals surface area contributed by atoms with Gasteiger partial charge in [0.1, 0.15) is 0 Å². The van der Waals surface area contributed by atoms with E-state index in [9.17, 15) is 4.79 Å². The lowest BCUT2D eigenvalue weighted by molar-refractivity contribution is 0.186. The van der Waals surface area contributed by atoms with Crippen molar-refractivity contribution in [2.75, 3.05) is 24.8 Å². The Bertz CT molecular complexity index is 684. The van der Waals surface area contributed by atoms with E-state index in [1.807, 2.05) is 24.0 Å². The van der Waals surface area contributed by atoms with Crippen LogP contribution in [0.4, 0.5) is 5.69 Å². The van der Waals surface area contributed by atoms with Gasteiger partial charge in [0.25, 0.3) is 5.56 Å². The van der Waals surface area contributed by atoms with Crippen molar-refractivity contribution in [2.45, 2.75) is 17.5 Å². The Morgan fingerprint density at radius 2 is 2.19 bits per heavy atom. The Balaban J connectivity index is 1.78. The zero-order valence-electron chi connectivity index (χ0n) is 11.9. The number of ether oxygens (including phenoxy) is 1. The van der Waals surface area contributed by atoms with E-state index in [0.29, 0.717) is 19.2 Å². The molecular weight excluding hydrogens is 284 g/mol. The lowest BCUT2D eigenvalue weighted by Crippen LogP contribution is -2.22. The van der Waals surface area contributed by atoms with E-state index in [0.717, 1.165) is 11.4 Å². The Morgan fingerprint density at radius 1 is 1.33 bits per heavy atom. The molecule has 0 amide bonds. The molecule has 1 aliphatic rings. The Morgan fingerprint density at radius 3 is 3.05 bits per heavy atom. The second-order valence-electron chi connectivity index (χ2n) is 4.99. The van der Waals surface area contributed by atoms with Crippen LogP contribution in [0.5, 0.6) is 0 Å². The summed E-state index contributed by atoms with van der Waals surface area (Å²) in [6.07, 6.45) is 1.87. The molecule has 0 radical (unpaired) electrons. The lowest BCUT2D eigenvalue weighted by Gasteiger charge is -2.16. The quantitative estimate of drug-likeness (QED) is 0.922. The van der Waals surface area contributed by atoms with Gasteiger partial charge in [0, 0.05) is 36.6 Å². The molecule has 1 aliphatic heterocycles. The van der Waals surface area contributed by atoms with Crippen LogP contribution in [0.15, 0.2) is 52.3 Å². The second-order valence-corrected chi connectivity index (χ2v) is 6.05. The second kappa shape index (κ2) is 6.37. The Kier molecular flexibility index (Phi) is 4.31. The number of anilines is 1. The number of aromatic nitrogens is 1. The van der Waals surface area contributed by atoms with Gasteiger partial charge >= 0.3 is 0 Å². The van der Waals surface area contributed by atoms with Gasteiger partial charge in [-0.25, -0.2) is 0 Å². The fraction of sp³-hybridized carbons (Fsp3) is 0.312. The summed E-state index contributed by atoms with van der Waals surface area (Å²) >= 11 is 1.87. The minimum atomic E-state index is -0.00111. The number of hydrogen-bond donors (Lipinski definition) is 1. The van der Waals surface area contributed by atoms with Crippen LogP contribution in [0.2, 0.25) is 0 Å². The molecule has 0 saturated heterocycles. The fourth-order valence-corrected chi connectivity index (χ4v) is 3.63. The molecule has 1 unspecified atom stereocenters. The van der Waals surface area contributed by atoms with Crippen LogP contribution in [0.1, 0.15) is 11.6 Å². The minimum Gasteiger partial charge on any atom is -0.383 e. The summed E-state index contributed by atoms with van der Waals surface area (Å²) in [5.74, 6) is 1.01. The van der Waals surface area contributed by atoms with Crippen molar-refractivity contribution in [3.8, 4) is 0 Å². The van der Waals surface area contributed by atoms with Crippen LogP contribution in [-0.2, 0) is 11.3 Å². The van der Waals surface area contributed by atoms with E-state index in [2.05, 4.69) is 29.6 Å². The van der Waals surface area contributed by atoms with Crippen LogP contribution in [0, 0.1) is 0 Å². The highest BCUT2D eigenvalue weighted by atomic mass is 32.2. The first-order valence-electron chi connectivity index (χ1n) is 6.95. The van der Waals surface area contributed by atoms with E-state index in [-0.39, 0.29) is 5.56 Å². The first kappa shape index (κ1) is 14.2. The molecule has 1 aromatic carbocycles. The molecule has 0 saturated carbocycles. The average molecular weight is 302 g/mol. The number of methoxy groups -OCH3 is 1. The van der Waals surface area contributed by atoms with Crippen molar-refractivity contribution < 1.29 is 4.74 Å². The van der Waals surface area contributed by atoms with Crippen LogP contribution in [0.25, 0.3) is 0 Å². The third-order valence-electron chi connectivity index (χ3n) is 3.56. The number of nitrogens with one attached hydrogen (secondary N) is 1. The van der Waals surface area contributed by atoms with Crippen LogP contribution < -0.4 is 10.9 Å². The van der Waals surface area contributed by atoms with E-state index in [1.165, 1.54) is 10.5 Å². The molecule has 3 rings (SSSR count). The van der Waals surface area contributed by atoms with E-state index in [1.54, 1.807) is 17.7 Å². The highest BCUT2D eigenvalue weighted by Gasteiger charge is 2.22. The maximum atomic E-state index is 11.8. The van der Waals surface area contributed by atoms with Gasteiger partial charge in [-0.2, -0.15) is 0 Å². The van der Waals surface area contributed by atoms with Crippen molar-refractivity contribution in [3.63, 3.8) is 0 Å². The molecule has 21 heavy (non-hydrogen) atoms. The van der Waals surface area contributed by atoms with Gasteiger partial charge in [0.05, 0.1) is 18.3 Å². The van der Waals surface area contributed by atoms with Gasteiger partial charge in [-0.3, -0.25) is 4.79 Å². The van der Waals surface area contributed by atoms with Crippen molar-refractivity contribution in [1.82, 2.24) is 4.57 Å². The zero-order chi connectivity index (χ0) is 14.7. The van der Waals surface area contributed by atoms with Gasteiger partial charge in [-0.15, -0.1) is 11.8 Å². The summed E-state index contributed by atoms with van der Waals surface area (Å²) in [4.78, 5) is 13.1. The molecular formula is C16H18N2O2S. The van der Waals surface area contributed by atoms with Crippen LogP contribution >= 0.6 is 11.8 Å². The molecule has 0 spiro atoms. The third kappa shape index (κ3) is 3.14. The molecule has 4 nitrogen and oxygen atoms in total. The number of hydrogen-bond acceptors (Lipinski definition) is 4. The van der Waals surface area contributed by atoms with Crippen molar-refractivity contribution in [2.24, 2.45) is 0 Å². The third-order valence-corrected chi connectivity index (χ3v) is 4.74. The maximum Gasteiger partial charge on any atom is 0.250 e. The summed E-state index contributed by atoms with van der Waals surface area (Å²) < 4.78 is 6.72. The zero-order valence-corrected chi connectivity index (χ0v) is 12.7. The smallest absolute Gasteiger partial charge is 0.250 e.